The highest BCUT2D eigenvalue weighted by Crippen LogP contribution is 2.21. The molecule has 0 aliphatic rings. The van der Waals surface area contributed by atoms with Crippen LogP contribution in [-0.4, -0.2) is 37.2 Å². The average molecular weight is 373 g/mol. The second-order valence-electron chi connectivity index (χ2n) is 6.58. The van der Waals surface area contributed by atoms with E-state index in [1.165, 1.54) is 0 Å². The third kappa shape index (κ3) is 5.68. The smallest absolute Gasteiger partial charge is 0.220 e. The highest BCUT2D eigenvalue weighted by atomic mass is 35.5. The van der Waals surface area contributed by atoms with Crippen molar-refractivity contribution in [2.24, 2.45) is 0 Å². The Hall–Kier alpha value is -2.17. The number of benzene rings is 2. The zero-order valence-electron chi connectivity index (χ0n) is 15.5. The van der Waals surface area contributed by atoms with Crippen LogP contribution in [0.2, 0.25) is 5.02 Å². The van der Waals surface area contributed by atoms with Crippen molar-refractivity contribution in [2.45, 2.75) is 25.8 Å². The van der Waals surface area contributed by atoms with Crippen molar-refractivity contribution in [2.75, 3.05) is 20.6 Å². The Bertz CT molecular complexity index is 774. The van der Waals surface area contributed by atoms with Gasteiger partial charge in [-0.2, -0.15) is 0 Å². The molecule has 0 spiro atoms. The Morgan fingerprint density at radius 2 is 1.81 bits per heavy atom. The highest BCUT2D eigenvalue weighted by Gasteiger charge is 2.16. The Labute approximate surface area is 160 Å². The van der Waals surface area contributed by atoms with Crippen LogP contribution in [0.3, 0.4) is 0 Å². The number of halogens is 1. The molecule has 0 aliphatic carbocycles. The molecule has 0 fully saturated rings. The molecular weight excluding hydrogens is 348 g/mol. The number of rotatable bonds is 8. The first-order valence-electron chi connectivity index (χ1n) is 8.66. The van der Waals surface area contributed by atoms with Crippen LogP contribution in [0.25, 0.3) is 0 Å². The number of ketones is 1. The summed E-state index contributed by atoms with van der Waals surface area (Å²) < 4.78 is 0. The second-order valence-corrected chi connectivity index (χ2v) is 7.01. The molecule has 0 aromatic heterocycles. The van der Waals surface area contributed by atoms with E-state index < -0.39 is 0 Å². The molecule has 1 unspecified atom stereocenters. The van der Waals surface area contributed by atoms with Crippen LogP contribution in [-0.2, 0) is 4.79 Å². The summed E-state index contributed by atoms with van der Waals surface area (Å²) in [6, 6.07) is 15.1. The molecule has 2 aromatic rings. The Balaban J connectivity index is 1.89. The van der Waals surface area contributed by atoms with Crippen LogP contribution in [0.4, 0.5) is 0 Å². The van der Waals surface area contributed by atoms with Gasteiger partial charge in [-0.3, -0.25) is 9.59 Å². The van der Waals surface area contributed by atoms with E-state index in [9.17, 15) is 9.59 Å². The molecule has 1 N–H and O–H groups in total. The standard InChI is InChI=1S/C21H25ClN2O2/c1-15-7-4-5-10-18(15)20(25)11-12-21(26)23-14-19(24(2)3)16-8-6-9-17(22)13-16/h4-10,13,19H,11-12,14H2,1-3H3,(H,23,26). The molecule has 2 aromatic carbocycles. The SMILES string of the molecule is Cc1ccccc1C(=O)CCC(=O)NCC(c1cccc(Cl)c1)N(C)C. The van der Waals surface area contributed by atoms with Crippen molar-refractivity contribution >= 4 is 23.3 Å². The molecule has 1 amide bonds. The lowest BCUT2D eigenvalue weighted by Gasteiger charge is -2.25. The number of carbonyl (C=O) groups excluding carboxylic acids is 2. The summed E-state index contributed by atoms with van der Waals surface area (Å²) in [5, 5.41) is 3.60. The number of hydrogen-bond acceptors (Lipinski definition) is 3. The van der Waals surface area contributed by atoms with E-state index in [0.717, 1.165) is 11.1 Å². The third-order valence-corrected chi connectivity index (χ3v) is 4.61. The molecule has 5 heteroatoms. The van der Waals surface area contributed by atoms with Gasteiger partial charge in [-0.05, 0) is 44.3 Å². The van der Waals surface area contributed by atoms with Gasteiger partial charge in [-0.1, -0.05) is 48.0 Å². The number of nitrogens with zero attached hydrogens (tertiary/aromatic N) is 1. The van der Waals surface area contributed by atoms with Crippen molar-refractivity contribution in [3.63, 3.8) is 0 Å². The molecular formula is C21H25ClN2O2. The van der Waals surface area contributed by atoms with Gasteiger partial charge in [0, 0.05) is 30.0 Å². The zero-order valence-corrected chi connectivity index (χ0v) is 16.2. The monoisotopic (exact) mass is 372 g/mol. The molecule has 138 valence electrons. The van der Waals surface area contributed by atoms with Gasteiger partial charge in [0.05, 0.1) is 6.04 Å². The molecule has 26 heavy (non-hydrogen) atoms. The van der Waals surface area contributed by atoms with Gasteiger partial charge in [0.2, 0.25) is 5.91 Å². The Kier molecular flexibility index (Phi) is 7.37. The normalized spacial score (nSPS) is 12.0. The van der Waals surface area contributed by atoms with Gasteiger partial charge in [-0.25, -0.2) is 0 Å². The fourth-order valence-electron chi connectivity index (χ4n) is 2.86. The molecule has 4 nitrogen and oxygen atoms in total. The quantitative estimate of drug-likeness (QED) is 0.712. The maximum Gasteiger partial charge on any atom is 0.220 e. The number of aryl methyl sites for hydroxylation is 1. The lowest BCUT2D eigenvalue weighted by atomic mass is 10.0. The van der Waals surface area contributed by atoms with Crippen molar-refractivity contribution < 1.29 is 9.59 Å². The summed E-state index contributed by atoms with van der Waals surface area (Å²) in [5.74, 6) is -0.127. The molecule has 0 aliphatic heterocycles. The predicted molar refractivity (Wildman–Crippen MR) is 106 cm³/mol. The topological polar surface area (TPSA) is 49.4 Å². The lowest BCUT2D eigenvalue weighted by Crippen LogP contribution is -2.34. The van der Waals surface area contributed by atoms with Crippen molar-refractivity contribution in [3.05, 3.63) is 70.2 Å². The van der Waals surface area contributed by atoms with Crippen molar-refractivity contribution in [1.29, 1.82) is 0 Å². The molecule has 0 radical (unpaired) electrons. The zero-order chi connectivity index (χ0) is 19.1. The van der Waals surface area contributed by atoms with E-state index in [-0.39, 0.29) is 30.6 Å². The number of amides is 1. The minimum atomic E-state index is -0.124. The molecule has 2 rings (SSSR count). The van der Waals surface area contributed by atoms with E-state index in [1.54, 1.807) is 6.07 Å². The Morgan fingerprint density at radius 1 is 1.08 bits per heavy atom. The van der Waals surface area contributed by atoms with Crippen LogP contribution in [0.5, 0.6) is 0 Å². The van der Waals surface area contributed by atoms with Crippen LogP contribution in [0.15, 0.2) is 48.5 Å². The van der Waals surface area contributed by atoms with E-state index in [2.05, 4.69) is 5.32 Å². The maximum atomic E-state index is 12.3. The summed E-state index contributed by atoms with van der Waals surface area (Å²) in [5.41, 5.74) is 2.66. The van der Waals surface area contributed by atoms with Gasteiger partial charge >= 0.3 is 0 Å². The average Bonchev–Trinajstić information content (AvgIpc) is 2.60. The molecule has 0 heterocycles. The van der Waals surface area contributed by atoms with Gasteiger partial charge in [0.15, 0.2) is 5.78 Å². The van der Waals surface area contributed by atoms with Crippen LogP contribution in [0.1, 0.15) is 40.4 Å². The fraction of sp³-hybridized carbons (Fsp3) is 0.333. The van der Waals surface area contributed by atoms with Gasteiger partial charge < -0.3 is 10.2 Å². The maximum absolute atomic E-state index is 12.3. The summed E-state index contributed by atoms with van der Waals surface area (Å²) in [6.45, 7) is 2.37. The highest BCUT2D eigenvalue weighted by molar-refractivity contribution is 6.30. The third-order valence-electron chi connectivity index (χ3n) is 4.37. The number of Topliss-reactive ketones (excluding diaryl/α,β-unsaturated/α-hetero) is 1. The van der Waals surface area contributed by atoms with Gasteiger partial charge in [0.25, 0.3) is 0 Å². The summed E-state index contributed by atoms with van der Waals surface area (Å²) in [7, 11) is 3.92. The van der Waals surface area contributed by atoms with E-state index in [0.29, 0.717) is 17.1 Å². The molecule has 0 bridgehead atoms. The molecule has 0 saturated heterocycles. The van der Waals surface area contributed by atoms with E-state index in [1.807, 2.05) is 68.4 Å². The van der Waals surface area contributed by atoms with Crippen LogP contribution >= 0.6 is 11.6 Å². The van der Waals surface area contributed by atoms with Crippen LogP contribution < -0.4 is 5.32 Å². The molecule has 1 atom stereocenters. The lowest BCUT2D eigenvalue weighted by molar-refractivity contribution is -0.121. The second kappa shape index (κ2) is 9.51. The van der Waals surface area contributed by atoms with Gasteiger partial charge in [-0.15, -0.1) is 0 Å². The summed E-state index contributed by atoms with van der Waals surface area (Å²) >= 11 is 6.07. The predicted octanol–water partition coefficient (Wildman–Crippen LogP) is 4.03. The first-order valence-corrected chi connectivity index (χ1v) is 9.03. The number of likely N-dealkylation sites (N-methyl/N-ethyl adjacent to an activating group) is 1. The van der Waals surface area contributed by atoms with Crippen LogP contribution in [0, 0.1) is 6.92 Å². The van der Waals surface area contributed by atoms with E-state index >= 15 is 0 Å². The number of hydrogen-bond donors (Lipinski definition) is 1. The first kappa shape index (κ1) is 20.1. The minimum Gasteiger partial charge on any atom is -0.354 e. The minimum absolute atomic E-state index is 0.00255. The van der Waals surface area contributed by atoms with Crippen molar-refractivity contribution in [1.82, 2.24) is 10.2 Å². The summed E-state index contributed by atoms with van der Waals surface area (Å²) in [6.07, 6.45) is 0.392. The Morgan fingerprint density at radius 3 is 2.46 bits per heavy atom. The van der Waals surface area contributed by atoms with Gasteiger partial charge in [0.1, 0.15) is 0 Å². The number of carbonyl (C=O) groups is 2. The fourth-order valence-corrected chi connectivity index (χ4v) is 3.06. The summed E-state index contributed by atoms with van der Waals surface area (Å²) in [4.78, 5) is 26.5. The van der Waals surface area contributed by atoms with Crippen molar-refractivity contribution in [3.8, 4) is 0 Å². The number of nitrogens with one attached hydrogen (secondary N) is 1. The molecule has 0 saturated carbocycles. The first-order chi connectivity index (χ1) is 12.4. The largest absolute Gasteiger partial charge is 0.354 e. The van der Waals surface area contributed by atoms with E-state index in [4.69, 9.17) is 11.6 Å².